The predicted molar refractivity (Wildman–Crippen MR) is 87.2 cm³/mol. The van der Waals surface area contributed by atoms with Crippen LogP contribution in [0.2, 0.25) is 0 Å². The molecule has 0 aromatic heterocycles. The van der Waals surface area contributed by atoms with Gasteiger partial charge in [0.05, 0.1) is 0 Å². The maximum absolute atomic E-state index is 3.58. The molecule has 19 heavy (non-hydrogen) atoms. The first-order valence-electron chi connectivity index (χ1n) is 7.46. The number of anilines is 1. The van der Waals surface area contributed by atoms with Crippen LogP contribution in [-0.2, 0) is 13.0 Å². The normalized spacial score (nSPS) is 13.9. The van der Waals surface area contributed by atoms with Crippen LogP contribution in [0.4, 0.5) is 5.69 Å². The first-order chi connectivity index (χ1) is 9.42. The molecular formula is C16H26N2S. The van der Waals surface area contributed by atoms with Crippen molar-refractivity contribution in [2.24, 2.45) is 0 Å². The zero-order chi connectivity index (χ0) is 13.3. The van der Waals surface area contributed by atoms with Crippen molar-refractivity contribution < 1.29 is 0 Å². The van der Waals surface area contributed by atoms with Gasteiger partial charge in [-0.05, 0) is 55.4 Å². The van der Waals surface area contributed by atoms with Gasteiger partial charge in [-0.2, -0.15) is 11.8 Å². The molecule has 1 aromatic rings. The first-order valence-corrected chi connectivity index (χ1v) is 8.85. The van der Waals surface area contributed by atoms with Crippen molar-refractivity contribution in [1.82, 2.24) is 5.32 Å². The molecule has 0 amide bonds. The Bertz CT molecular complexity index is 379. The summed E-state index contributed by atoms with van der Waals surface area (Å²) in [4.78, 5) is 0. The smallest absolute Gasteiger partial charge is 0.0418 e. The summed E-state index contributed by atoms with van der Waals surface area (Å²) in [7, 11) is 0. The van der Waals surface area contributed by atoms with Gasteiger partial charge in [0.2, 0.25) is 0 Å². The zero-order valence-corrected chi connectivity index (χ0v) is 12.8. The number of nitrogens with one attached hydrogen (secondary N) is 2. The molecule has 0 spiro atoms. The summed E-state index contributed by atoms with van der Waals surface area (Å²) < 4.78 is 0. The van der Waals surface area contributed by atoms with Crippen molar-refractivity contribution >= 4 is 17.4 Å². The summed E-state index contributed by atoms with van der Waals surface area (Å²) >= 11 is 1.95. The molecule has 0 atom stereocenters. The van der Waals surface area contributed by atoms with Crippen LogP contribution < -0.4 is 10.6 Å². The van der Waals surface area contributed by atoms with E-state index in [2.05, 4.69) is 35.1 Å². The SMILES string of the molecule is CSCCCCCNCc1cccc2c1NCCC2. The molecule has 2 rings (SSSR count). The summed E-state index contributed by atoms with van der Waals surface area (Å²) in [5.41, 5.74) is 4.32. The van der Waals surface area contributed by atoms with Gasteiger partial charge in [0.15, 0.2) is 0 Å². The van der Waals surface area contributed by atoms with Gasteiger partial charge < -0.3 is 10.6 Å². The molecule has 0 radical (unpaired) electrons. The standard InChI is InChI=1S/C16H26N2S/c1-19-12-4-2-3-10-17-13-15-8-5-7-14-9-6-11-18-16(14)15/h5,7-8,17-18H,2-4,6,9-13H2,1H3. The average Bonchev–Trinajstić information content (AvgIpc) is 2.46. The Morgan fingerprint density at radius 3 is 3.11 bits per heavy atom. The molecule has 0 aliphatic carbocycles. The van der Waals surface area contributed by atoms with Crippen LogP contribution in [0.3, 0.4) is 0 Å². The minimum Gasteiger partial charge on any atom is -0.385 e. The number of benzene rings is 1. The second kappa shape index (κ2) is 8.49. The van der Waals surface area contributed by atoms with E-state index in [-0.39, 0.29) is 0 Å². The fourth-order valence-electron chi connectivity index (χ4n) is 2.62. The fraction of sp³-hybridized carbons (Fsp3) is 0.625. The van der Waals surface area contributed by atoms with Crippen molar-refractivity contribution in [1.29, 1.82) is 0 Å². The van der Waals surface area contributed by atoms with Gasteiger partial charge in [0.25, 0.3) is 0 Å². The minimum absolute atomic E-state index is 0.999. The van der Waals surface area contributed by atoms with Crippen LogP contribution in [0.5, 0.6) is 0 Å². The minimum atomic E-state index is 0.999. The Morgan fingerprint density at radius 1 is 1.26 bits per heavy atom. The molecule has 0 bridgehead atoms. The number of unbranched alkanes of at least 4 members (excludes halogenated alkanes) is 2. The molecule has 0 unspecified atom stereocenters. The van der Waals surface area contributed by atoms with E-state index >= 15 is 0 Å². The van der Waals surface area contributed by atoms with Crippen molar-refractivity contribution in [2.45, 2.75) is 38.6 Å². The van der Waals surface area contributed by atoms with Crippen LogP contribution in [-0.4, -0.2) is 25.1 Å². The number of para-hydroxylation sites is 1. The molecule has 106 valence electrons. The van der Waals surface area contributed by atoms with E-state index in [4.69, 9.17) is 0 Å². The van der Waals surface area contributed by atoms with E-state index in [9.17, 15) is 0 Å². The highest BCUT2D eigenvalue weighted by Gasteiger charge is 2.11. The molecule has 2 N–H and O–H groups in total. The maximum Gasteiger partial charge on any atom is 0.0418 e. The summed E-state index contributed by atoms with van der Waals surface area (Å²) in [6.07, 6.45) is 8.67. The van der Waals surface area contributed by atoms with Crippen molar-refractivity contribution in [3.8, 4) is 0 Å². The molecular weight excluding hydrogens is 252 g/mol. The number of fused-ring (bicyclic) bond motifs is 1. The Labute approximate surface area is 121 Å². The Hall–Kier alpha value is -0.670. The maximum atomic E-state index is 3.58. The van der Waals surface area contributed by atoms with Gasteiger partial charge in [-0.25, -0.2) is 0 Å². The number of rotatable bonds is 8. The number of aryl methyl sites for hydroxylation is 1. The number of thioether (sulfide) groups is 1. The van der Waals surface area contributed by atoms with E-state index in [0.717, 1.165) is 19.6 Å². The lowest BCUT2D eigenvalue weighted by molar-refractivity contribution is 0.618. The van der Waals surface area contributed by atoms with E-state index in [1.165, 1.54) is 54.7 Å². The zero-order valence-electron chi connectivity index (χ0n) is 12.0. The highest BCUT2D eigenvalue weighted by molar-refractivity contribution is 7.98. The van der Waals surface area contributed by atoms with E-state index in [1.54, 1.807) is 0 Å². The molecule has 0 fully saturated rings. The Kier molecular flexibility index (Phi) is 6.58. The highest BCUT2D eigenvalue weighted by atomic mass is 32.2. The summed E-state index contributed by atoms with van der Waals surface area (Å²) in [5, 5.41) is 7.14. The molecule has 1 aliphatic rings. The van der Waals surface area contributed by atoms with E-state index in [1.807, 2.05) is 11.8 Å². The van der Waals surface area contributed by atoms with Crippen LogP contribution in [0.15, 0.2) is 18.2 Å². The Balaban J connectivity index is 1.71. The second-order valence-electron chi connectivity index (χ2n) is 5.21. The van der Waals surface area contributed by atoms with Gasteiger partial charge in [0.1, 0.15) is 0 Å². The molecule has 1 heterocycles. The lowest BCUT2D eigenvalue weighted by atomic mass is 9.99. The molecule has 3 heteroatoms. The van der Waals surface area contributed by atoms with Crippen LogP contribution in [0.25, 0.3) is 0 Å². The van der Waals surface area contributed by atoms with Gasteiger partial charge in [-0.3, -0.25) is 0 Å². The van der Waals surface area contributed by atoms with Gasteiger partial charge in [0, 0.05) is 18.8 Å². The molecule has 0 saturated heterocycles. The van der Waals surface area contributed by atoms with Crippen molar-refractivity contribution in [3.63, 3.8) is 0 Å². The summed E-state index contributed by atoms with van der Waals surface area (Å²) in [6.45, 7) is 3.26. The summed E-state index contributed by atoms with van der Waals surface area (Å²) in [5.74, 6) is 1.30. The quantitative estimate of drug-likeness (QED) is 0.710. The topological polar surface area (TPSA) is 24.1 Å². The summed E-state index contributed by atoms with van der Waals surface area (Å²) in [6, 6.07) is 6.70. The third-order valence-electron chi connectivity index (χ3n) is 3.68. The first kappa shape index (κ1) is 14.7. The van der Waals surface area contributed by atoms with Gasteiger partial charge in [-0.1, -0.05) is 24.6 Å². The highest BCUT2D eigenvalue weighted by Crippen LogP contribution is 2.25. The molecule has 1 aromatic carbocycles. The van der Waals surface area contributed by atoms with Crippen LogP contribution in [0, 0.1) is 0 Å². The van der Waals surface area contributed by atoms with Gasteiger partial charge >= 0.3 is 0 Å². The van der Waals surface area contributed by atoms with Crippen LogP contribution in [0.1, 0.15) is 36.8 Å². The lowest BCUT2D eigenvalue weighted by Crippen LogP contribution is -2.19. The second-order valence-corrected chi connectivity index (χ2v) is 6.20. The fourth-order valence-corrected chi connectivity index (χ4v) is 3.12. The molecule has 0 saturated carbocycles. The molecule has 2 nitrogen and oxygen atoms in total. The average molecular weight is 278 g/mol. The molecule has 1 aliphatic heterocycles. The predicted octanol–water partition coefficient (Wildman–Crippen LogP) is 3.67. The van der Waals surface area contributed by atoms with Gasteiger partial charge in [-0.15, -0.1) is 0 Å². The van der Waals surface area contributed by atoms with Crippen LogP contribution >= 0.6 is 11.8 Å². The van der Waals surface area contributed by atoms with E-state index in [0.29, 0.717) is 0 Å². The largest absolute Gasteiger partial charge is 0.385 e. The third-order valence-corrected chi connectivity index (χ3v) is 4.38. The third kappa shape index (κ3) is 4.73. The number of hydrogen-bond acceptors (Lipinski definition) is 3. The lowest BCUT2D eigenvalue weighted by Gasteiger charge is -2.21. The van der Waals surface area contributed by atoms with E-state index < -0.39 is 0 Å². The Morgan fingerprint density at radius 2 is 2.21 bits per heavy atom. The van der Waals surface area contributed by atoms with Crippen molar-refractivity contribution in [3.05, 3.63) is 29.3 Å². The monoisotopic (exact) mass is 278 g/mol. The van der Waals surface area contributed by atoms with Crippen molar-refractivity contribution in [2.75, 3.05) is 30.4 Å². The number of hydrogen-bond donors (Lipinski definition) is 2.